The van der Waals surface area contributed by atoms with Crippen LogP contribution < -0.4 is 10.9 Å². The number of halogens is 1. The Hall–Kier alpha value is -1.13. The molecule has 0 aromatic carbocycles. The first kappa shape index (κ1) is 11.9. The second-order valence-electron chi connectivity index (χ2n) is 3.57. The molecule has 0 fully saturated rings. The summed E-state index contributed by atoms with van der Waals surface area (Å²) < 4.78 is 12.9. The highest BCUT2D eigenvalue weighted by Gasteiger charge is 2.26. The maximum absolute atomic E-state index is 12.9. The SMILES string of the molecule is CC(C)C(=O)NNC(=O)C(C)(C)F. The van der Waals surface area contributed by atoms with Gasteiger partial charge in [0, 0.05) is 5.92 Å². The molecule has 4 nitrogen and oxygen atoms in total. The minimum Gasteiger partial charge on any atom is -0.273 e. The number of hydrogen-bond acceptors (Lipinski definition) is 2. The first-order chi connectivity index (χ1) is 5.75. The van der Waals surface area contributed by atoms with Crippen molar-refractivity contribution in [3.8, 4) is 0 Å². The van der Waals surface area contributed by atoms with Crippen LogP contribution in [-0.4, -0.2) is 17.5 Å². The summed E-state index contributed by atoms with van der Waals surface area (Å²) in [5, 5.41) is 0. The molecule has 0 heterocycles. The second kappa shape index (κ2) is 4.20. The minimum atomic E-state index is -1.98. The normalized spacial score (nSPS) is 11.2. The standard InChI is InChI=1S/C8H15FN2O2/c1-5(2)6(12)10-11-7(13)8(3,4)9/h5H,1-4H3,(H,10,12)(H,11,13). The number of alkyl halides is 1. The number of nitrogens with one attached hydrogen (secondary N) is 2. The summed E-state index contributed by atoms with van der Waals surface area (Å²) >= 11 is 0. The summed E-state index contributed by atoms with van der Waals surface area (Å²) in [4.78, 5) is 21.8. The number of amides is 2. The third-order valence-electron chi connectivity index (χ3n) is 1.36. The summed E-state index contributed by atoms with van der Waals surface area (Å²) in [5.74, 6) is -1.46. The maximum atomic E-state index is 12.9. The lowest BCUT2D eigenvalue weighted by molar-refractivity contribution is -0.136. The van der Waals surface area contributed by atoms with Crippen molar-refractivity contribution in [2.75, 3.05) is 0 Å². The van der Waals surface area contributed by atoms with Crippen molar-refractivity contribution in [2.45, 2.75) is 33.4 Å². The molecule has 0 unspecified atom stereocenters. The molecule has 0 aliphatic carbocycles. The Morgan fingerprint density at radius 1 is 1.23 bits per heavy atom. The monoisotopic (exact) mass is 190 g/mol. The van der Waals surface area contributed by atoms with Crippen molar-refractivity contribution in [3.05, 3.63) is 0 Å². The van der Waals surface area contributed by atoms with Crippen LogP contribution in [0.3, 0.4) is 0 Å². The van der Waals surface area contributed by atoms with Crippen molar-refractivity contribution < 1.29 is 14.0 Å². The Bertz CT molecular complexity index is 209. The van der Waals surface area contributed by atoms with Crippen molar-refractivity contribution >= 4 is 11.8 Å². The number of rotatable bonds is 2. The quantitative estimate of drug-likeness (QED) is 0.624. The average molecular weight is 190 g/mol. The zero-order chi connectivity index (χ0) is 10.6. The number of carbonyl (C=O) groups excluding carboxylic acids is 2. The van der Waals surface area contributed by atoms with Gasteiger partial charge in [0.1, 0.15) is 0 Å². The van der Waals surface area contributed by atoms with Gasteiger partial charge < -0.3 is 0 Å². The van der Waals surface area contributed by atoms with Gasteiger partial charge in [0.2, 0.25) is 5.91 Å². The second-order valence-corrected chi connectivity index (χ2v) is 3.57. The van der Waals surface area contributed by atoms with Gasteiger partial charge in [-0.25, -0.2) is 4.39 Å². The topological polar surface area (TPSA) is 58.2 Å². The fourth-order valence-electron chi connectivity index (χ4n) is 0.411. The van der Waals surface area contributed by atoms with Gasteiger partial charge in [-0.3, -0.25) is 20.4 Å². The van der Waals surface area contributed by atoms with E-state index >= 15 is 0 Å². The highest BCUT2D eigenvalue weighted by molar-refractivity contribution is 5.87. The zero-order valence-electron chi connectivity index (χ0n) is 8.27. The Labute approximate surface area is 76.9 Å². The van der Waals surface area contributed by atoms with E-state index in [-0.39, 0.29) is 11.8 Å². The van der Waals surface area contributed by atoms with Gasteiger partial charge in [0.25, 0.3) is 5.91 Å². The van der Waals surface area contributed by atoms with Gasteiger partial charge in [0.15, 0.2) is 5.67 Å². The molecular weight excluding hydrogens is 175 g/mol. The lowest BCUT2D eigenvalue weighted by Crippen LogP contribution is -2.49. The summed E-state index contributed by atoms with van der Waals surface area (Å²) in [7, 11) is 0. The lowest BCUT2D eigenvalue weighted by atomic mass is 10.1. The van der Waals surface area contributed by atoms with Crippen LogP contribution in [0.25, 0.3) is 0 Å². The molecule has 0 rings (SSSR count). The summed E-state index contributed by atoms with van der Waals surface area (Å²) in [5.41, 5.74) is 2.12. The Morgan fingerprint density at radius 3 is 2.00 bits per heavy atom. The molecule has 0 aromatic rings. The minimum absolute atomic E-state index is 0.247. The molecule has 0 saturated carbocycles. The number of carbonyl (C=O) groups is 2. The third-order valence-corrected chi connectivity index (χ3v) is 1.36. The first-order valence-electron chi connectivity index (χ1n) is 4.04. The lowest BCUT2D eigenvalue weighted by Gasteiger charge is -2.15. The Kier molecular flexibility index (Phi) is 3.84. The molecule has 5 heteroatoms. The maximum Gasteiger partial charge on any atom is 0.275 e. The first-order valence-corrected chi connectivity index (χ1v) is 4.04. The van der Waals surface area contributed by atoms with E-state index < -0.39 is 11.6 Å². The van der Waals surface area contributed by atoms with Crippen molar-refractivity contribution in [3.63, 3.8) is 0 Å². The molecule has 76 valence electrons. The predicted octanol–water partition coefficient (Wildman–Crippen LogP) is 0.538. The molecule has 0 bridgehead atoms. The van der Waals surface area contributed by atoms with Crippen molar-refractivity contribution in [1.82, 2.24) is 10.9 Å². The van der Waals surface area contributed by atoms with Gasteiger partial charge in [-0.05, 0) is 13.8 Å². The molecular formula is C8H15FN2O2. The molecule has 0 atom stereocenters. The molecule has 0 radical (unpaired) electrons. The highest BCUT2D eigenvalue weighted by atomic mass is 19.1. The van der Waals surface area contributed by atoms with E-state index in [1.807, 2.05) is 5.43 Å². The summed E-state index contributed by atoms with van der Waals surface area (Å²) in [6.07, 6.45) is 0. The van der Waals surface area contributed by atoms with Crippen LogP contribution in [0.4, 0.5) is 4.39 Å². The van der Waals surface area contributed by atoms with E-state index in [4.69, 9.17) is 0 Å². The Balaban J connectivity index is 3.92. The molecule has 0 saturated heterocycles. The molecule has 0 spiro atoms. The predicted molar refractivity (Wildman–Crippen MR) is 46.3 cm³/mol. The van der Waals surface area contributed by atoms with Gasteiger partial charge in [-0.15, -0.1) is 0 Å². The zero-order valence-corrected chi connectivity index (χ0v) is 8.27. The van der Waals surface area contributed by atoms with Crippen LogP contribution in [0.15, 0.2) is 0 Å². The van der Waals surface area contributed by atoms with Gasteiger partial charge >= 0.3 is 0 Å². The smallest absolute Gasteiger partial charge is 0.273 e. The van der Waals surface area contributed by atoms with E-state index in [0.29, 0.717) is 0 Å². The van der Waals surface area contributed by atoms with Crippen LogP contribution in [0.2, 0.25) is 0 Å². The molecule has 0 aromatic heterocycles. The van der Waals surface area contributed by atoms with Crippen LogP contribution in [0.1, 0.15) is 27.7 Å². The van der Waals surface area contributed by atoms with E-state index in [0.717, 1.165) is 13.8 Å². The Morgan fingerprint density at radius 2 is 1.69 bits per heavy atom. The number of hydrogen-bond donors (Lipinski definition) is 2. The summed E-state index contributed by atoms with van der Waals surface area (Å²) in [6, 6.07) is 0. The number of hydrazine groups is 1. The van der Waals surface area contributed by atoms with E-state index in [2.05, 4.69) is 5.43 Å². The van der Waals surface area contributed by atoms with Crippen LogP contribution >= 0.6 is 0 Å². The van der Waals surface area contributed by atoms with Crippen molar-refractivity contribution in [2.24, 2.45) is 5.92 Å². The molecule has 13 heavy (non-hydrogen) atoms. The van der Waals surface area contributed by atoms with Crippen LogP contribution in [0.5, 0.6) is 0 Å². The van der Waals surface area contributed by atoms with Crippen LogP contribution in [0, 0.1) is 5.92 Å². The van der Waals surface area contributed by atoms with E-state index in [1.165, 1.54) is 0 Å². The van der Waals surface area contributed by atoms with E-state index in [9.17, 15) is 14.0 Å². The van der Waals surface area contributed by atoms with Gasteiger partial charge in [-0.1, -0.05) is 13.8 Å². The molecule has 0 aliphatic heterocycles. The largest absolute Gasteiger partial charge is 0.275 e. The van der Waals surface area contributed by atoms with E-state index in [1.54, 1.807) is 13.8 Å². The van der Waals surface area contributed by atoms with Crippen molar-refractivity contribution in [1.29, 1.82) is 0 Å². The fraction of sp³-hybridized carbons (Fsp3) is 0.750. The summed E-state index contributed by atoms with van der Waals surface area (Å²) in [6.45, 7) is 5.57. The fourth-order valence-corrected chi connectivity index (χ4v) is 0.411. The molecule has 2 N–H and O–H groups in total. The van der Waals surface area contributed by atoms with Gasteiger partial charge in [-0.2, -0.15) is 0 Å². The van der Waals surface area contributed by atoms with Crippen LogP contribution in [-0.2, 0) is 9.59 Å². The van der Waals surface area contributed by atoms with Gasteiger partial charge in [0.05, 0.1) is 0 Å². The average Bonchev–Trinajstić information content (AvgIpc) is 1.97. The highest BCUT2D eigenvalue weighted by Crippen LogP contribution is 2.06. The molecule has 0 aliphatic rings. The molecule has 2 amide bonds. The third kappa shape index (κ3) is 4.45.